The summed E-state index contributed by atoms with van der Waals surface area (Å²) in [5.74, 6) is -0.966. The molecule has 1 N–H and O–H groups in total. The molecular formula is C33H28F2N4O7. The van der Waals surface area contributed by atoms with E-state index < -0.39 is 28.8 Å². The van der Waals surface area contributed by atoms with E-state index in [1.165, 1.54) is 48.3 Å². The number of methoxy groups -OCH3 is 1. The first-order chi connectivity index (χ1) is 22.1. The minimum Gasteiger partial charge on any atom is -0.493 e. The van der Waals surface area contributed by atoms with Crippen LogP contribution in [-0.2, 0) is 6.54 Å². The Morgan fingerprint density at radius 2 is 1.72 bits per heavy atom. The van der Waals surface area contributed by atoms with Gasteiger partial charge in [-0.15, -0.1) is 0 Å². The number of hydrogen-bond donors (Lipinski definition) is 1. The van der Waals surface area contributed by atoms with Crippen molar-refractivity contribution in [2.45, 2.75) is 20.4 Å². The van der Waals surface area contributed by atoms with E-state index in [1.54, 1.807) is 12.1 Å². The first-order valence-corrected chi connectivity index (χ1v) is 14.3. The van der Waals surface area contributed by atoms with E-state index in [0.29, 0.717) is 34.8 Å². The summed E-state index contributed by atoms with van der Waals surface area (Å²) in [7, 11) is 1.50. The van der Waals surface area contributed by atoms with Crippen LogP contribution < -0.4 is 35.5 Å². The normalized spacial score (nSPS) is 12.3. The number of pyridine rings is 1. The van der Waals surface area contributed by atoms with Gasteiger partial charge in [-0.25, -0.2) is 18.1 Å². The molecule has 0 fully saturated rings. The third kappa shape index (κ3) is 5.74. The van der Waals surface area contributed by atoms with Gasteiger partial charge in [0.25, 0.3) is 11.5 Å². The molecule has 6 rings (SSSR count). The SMILES string of the molecule is COc1cc2nccc(Oc3ccc(NC(=O)c4cn(CC(C)C)c(=O)n(-c5ccc(F)cc5)c4=O)cc3F)c2c2c1OCCO2. The maximum Gasteiger partial charge on any atom is 0.335 e. The molecule has 0 unspecified atom stereocenters. The third-order valence-electron chi connectivity index (χ3n) is 7.12. The van der Waals surface area contributed by atoms with Crippen molar-refractivity contribution in [3.63, 3.8) is 0 Å². The van der Waals surface area contributed by atoms with Gasteiger partial charge in [-0.2, -0.15) is 0 Å². The van der Waals surface area contributed by atoms with E-state index in [-0.39, 0.29) is 47.5 Å². The van der Waals surface area contributed by atoms with Crippen molar-refractivity contribution in [1.29, 1.82) is 0 Å². The van der Waals surface area contributed by atoms with E-state index in [0.717, 1.165) is 22.8 Å². The predicted molar refractivity (Wildman–Crippen MR) is 165 cm³/mol. The third-order valence-corrected chi connectivity index (χ3v) is 7.12. The Morgan fingerprint density at radius 3 is 2.41 bits per heavy atom. The summed E-state index contributed by atoms with van der Waals surface area (Å²) in [6.07, 6.45) is 2.67. The lowest BCUT2D eigenvalue weighted by molar-refractivity contribution is 0.102. The summed E-state index contributed by atoms with van der Waals surface area (Å²) >= 11 is 0. The van der Waals surface area contributed by atoms with Crippen molar-refractivity contribution in [3.05, 3.63) is 105 Å². The Hall–Kier alpha value is -5.72. The van der Waals surface area contributed by atoms with Crippen molar-refractivity contribution in [1.82, 2.24) is 14.1 Å². The summed E-state index contributed by atoms with van der Waals surface area (Å²) in [4.78, 5) is 44.3. The molecule has 3 heterocycles. The van der Waals surface area contributed by atoms with Crippen LogP contribution >= 0.6 is 0 Å². The number of fused-ring (bicyclic) bond motifs is 3. The fraction of sp³-hybridized carbons (Fsp3) is 0.212. The average Bonchev–Trinajstić information content (AvgIpc) is 3.04. The van der Waals surface area contributed by atoms with Crippen LogP contribution in [0.15, 0.2) is 76.6 Å². The first-order valence-electron chi connectivity index (χ1n) is 14.3. The van der Waals surface area contributed by atoms with E-state index >= 15 is 4.39 Å². The van der Waals surface area contributed by atoms with Crippen LogP contribution in [0.2, 0.25) is 0 Å². The van der Waals surface area contributed by atoms with Gasteiger partial charge in [-0.3, -0.25) is 19.1 Å². The number of anilines is 1. The van der Waals surface area contributed by atoms with Crippen LogP contribution in [0.3, 0.4) is 0 Å². The Balaban J connectivity index is 1.31. The van der Waals surface area contributed by atoms with Gasteiger partial charge in [0.05, 0.1) is 23.7 Å². The molecule has 0 spiro atoms. The molecule has 13 heteroatoms. The van der Waals surface area contributed by atoms with Crippen molar-refractivity contribution in [2.75, 3.05) is 25.6 Å². The minimum atomic E-state index is -0.912. The van der Waals surface area contributed by atoms with Gasteiger partial charge < -0.3 is 24.3 Å². The van der Waals surface area contributed by atoms with Crippen LogP contribution in [0.4, 0.5) is 14.5 Å². The number of carbonyl (C=O) groups excluding carboxylic acids is 1. The monoisotopic (exact) mass is 630 g/mol. The number of ether oxygens (including phenoxy) is 4. The average molecular weight is 631 g/mol. The van der Waals surface area contributed by atoms with Gasteiger partial charge in [-0.05, 0) is 48.4 Å². The van der Waals surface area contributed by atoms with Crippen molar-refractivity contribution < 1.29 is 32.5 Å². The number of carbonyl (C=O) groups is 1. The van der Waals surface area contributed by atoms with Gasteiger partial charge in [0.2, 0.25) is 5.75 Å². The summed E-state index contributed by atoms with van der Waals surface area (Å²) in [5, 5.41) is 2.98. The van der Waals surface area contributed by atoms with E-state index in [2.05, 4.69) is 10.3 Å². The van der Waals surface area contributed by atoms with Gasteiger partial charge in [-0.1, -0.05) is 13.8 Å². The largest absolute Gasteiger partial charge is 0.493 e. The number of nitrogens with zero attached hydrogens (tertiary/aromatic N) is 3. The Labute approximate surface area is 260 Å². The number of benzene rings is 3. The highest BCUT2D eigenvalue weighted by Crippen LogP contribution is 2.48. The van der Waals surface area contributed by atoms with Crippen molar-refractivity contribution in [3.8, 4) is 34.4 Å². The fourth-order valence-corrected chi connectivity index (χ4v) is 5.09. The fourth-order valence-electron chi connectivity index (χ4n) is 5.09. The van der Waals surface area contributed by atoms with Gasteiger partial charge in [0, 0.05) is 36.8 Å². The number of aromatic nitrogens is 3. The molecule has 0 radical (unpaired) electrons. The molecule has 0 aliphatic carbocycles. The second kappa shape index (κ2) is 12.3. The highest BCUT2D eigenvalue weighted by molar-refractivity contribution is 6.04. The standard InChI is InChI=1S/C33H28F2N4O7/c1-18(2)16-38-17-22(32(41)39(33(38)42)21-7-4-19(34)5-8-21)31(40)37-20-6-9-25(23(35)14-20)46-26-10-11-36-24-15-27(43-3)29-30(28(24)26)45-13-12-44-29/h4-11,14-15,17-18H,12-13,16H2,1-3H3,(H,37,40). The Kier molecular flexibility index (Phi) is 8.14. The molecule has 0 atom stereocenters. The smallest absolute Gasteiger partial charge is 0.335 e. The summed E-state index contributed by atoms with van der Waals surface area (Å²) in [6, 6.07) is 11.7. The molecule has 236 valence electrons. The first kappa shape index (κ1) is 30.3. The maximum atomic E-state index is 15.4. The molecule has 1 aliphatic rings. The molecular weight excluding hydrogens is 602 g/mol. The molecule has 46 heavy (non-hydrogen) atoms. The summed E-state index contributed by atoms with van der Waals surface area (Å²) in [5.41, 5.74) is -1.36. The molecule has 0 bridgehead atoms. The van der Waals surface area contributed by atoms with Crippen LogP contribution in [-0.4, -0.2) is 40.3 Å². The quantitative estimate of drug-likeness (QED) is 0.245. The van der Waals surface area contributed by atoms with E-state index in [1.807, 2.05) is 13.8 Å². The molecule has 0 saturated heterocycles. The van der Waals surface area contributed by atoms with Gasteiger partial charge in [0.15, 0.2) is 23.1 Å². The number of hydrogen-bond acceptors (Lipinski definition) is 8. The maximum absolute atomic E-state index is 15.4. The summed E-state index contributed by atoms with van der Waals surface area (Å²) < 4.78 is 53.9. The molecule has 5 aromatic rings. The topological polar surface area (TPSA) is 123 Å². The predicted octanol–water partition coefficient (Wildman–Crippen LogP) is 5.31. The van der Waals surface area contributed by atoms with E-state index in [9.17, 15) is 18.8 Å². The number of amides is 1. The van der Waals surface area contributed by atoms with Crippen LogP contribution in [0.25, 0.3) is 16.6 Å². The highest BCUT2D eigenvalue weighted by atomic mass is 19.1. The molecule has 1 aliphatic heterocycles. The second-order valence-electron chi connectivity index (χ2n) is 10.8. The lowest BCUT2D eigenvalue weighted by Gasteiger charge is -2.23. The second-order valence-corrected chi connectivity index (χ2v) is 10.8. The zero-order valence-corrected chi connectivity index (χ0v) is 25.0. The lowest BCUT2D eigenvalue weighted by atomic mass is 10.1. The number of rotatable bonds is 8. The summed E-state index contributed by atoms with van der Waals surface area (Å²) in [6.45, 7) is 4.56. The molecule has 1 amide bonds. The van der Waals surface area contributed by atoms with Crippen molar-refractivity contribution in [2.24, 2.45) is 5.92 Å². The molecule has 0 saturated carbocycles. The van der Waals surface area contributed by atoms with Gasteiger partial charge >= 0.3 is 5.69 Å². The zero-order chi connectivity index (χ0) is 32.5. The van der Waals surface area contributed by atoms with Crippen molar-refractivity contribution >= 4 is 22.5 Å². The molecule has 11 nitrogen and oxygen atoms in total. The zero-order valence-electron chi connectivity index (χ0n) is 25.0. The minimum absolute atomic E-state index is 0.00134. The number of halogens is 2. The van der Waals surface area contributed by atoms with Gasteiger partial charge in [0.1, 0.15) is 30.3 Å². The number of nitrogens with one attached hydrogen (secondary N) is 1. The Morgan fingerprint density at radius 1 is 0.978 bits per heavy atom. The van der Waals surface area contributed by atoms with E-state index in [4.69, 9.17) is 18.9 Å². The van der Waals surface area contributed by atoms with Crippen LogP contribution in [0, 0.1) is 17.6 Å². The molecule has 2 aromatic heterocycles. The Bertz CT molecular complexity index is 2090. The molecule has 3 aromatic carbocycles. The van der Waals surface area contributed by atoms with Crippen LogP contribution in [0.1, 0.15) is 24.2 Å². The lowest BCUT2D eigenvalue weighted by Crippen LogP contribution is -2.42. The van der Waals surface area contributed by atoms with Crippen LogP contribution in [0.5, 0.6) is 28.7 Å². The highest BCUT2D eigenvalue weighted by Gasteiger charge is 2.25.